The first-order valence-corrected chi connectivity index (χ1v) is 6.45. The third-order valence-corrected chi connectivity index (χ3v) is 3.39. The molecule has 0 fully saturated rings. The number of rotatable bonds is 2. The molecule has 2 nitrogen and oxygen atoms in total. The van der Waals surface area contributed by atoms with Gasteiger partial charge in [0.25, 0.3) is 0 Å². The highest BCUT2D eigenvalue weighted by Gasteiger charge is 2.04. The molecule has 0 unspecified atom stereocenters. The summed E-state index contributed by atoms with van der Waals surface area (Å²) in [4.78, 5) is 3.42. The topological polar surface area (TPSA) is 19.7 Å². The van der Waals surface area contributed by atoms with Crippen LogP contribution in [0.3, 0.4) is 0 Å². The van der Waals surface area contributed by atoms with E-state index in [-0.39, 0.29) is 24.0 Å². The van der Waals surface area contributed by atoms with E-state index in [9.17, 15) is 0 Å². The van der Waals surface area contributed by atoms with Gasteiger partial charge in [-0.1, -0.05) is 30.4 Å². The fourth-order valence-corrected chi connectivity index (χ4v) is 2.32. The number of benzene rings is 1. The van der Waals surface area contributed by atoms with Crippen LogP contribution in [0, 0.1) is 6.92 Å². The minimum absolute atomic E-state index is 0. The zero-order valence-corrected chi connectivity index (χ0v) is 13.8. The molecule has 0 atom stereocenters. The first kappa shape index (κ1) is 14.8. The first-order valence-electron chi connectivity index (χ1n) is 6.45. The van der Waals surface area contributed by atoms with Crippen LogP contribution in [0.25, 0.3) is 23.1 Å². The van der Waals surface area contributed by atoms with Crippen molar-refractivity contribution in [2.45, 2.75) is 6.92 Å². The first-order chi connectivity index (χ1) is 9.24. The molecule has 0 aliphatic heterocycles. The quantitative estimate of drug-likeness (QED) is 0.496. The number of para-hydroxylation sites is 1. The number of aromatic nitrogens is 2. The van der Waals surface area contributed by atoms with Gasteiger partial charge in [0.2, 0.25) is 0 Å². The second-order valence-electron chi connectivity index (χ2n) is 4.84. The van der Waals surface area contributed by atoms with Gasteiger partial charge in [0.1, 0.15) is 7.05 Å². The molecule has 0 aliphatic carbocycles. The van der Waals surface area contributed by atoms with E-state index >= 15 is 0 Å². The van der Waals surface area contributed by atoms with E-state index in [0.29, 0.717) is 0 Å². The molecule has 102 valence electrons. The summed E-state index contributed by atoms with van der Waals surface area (Å²) in [5, 5.41) is 1.28. The van der Waals surface area contributed by atoms with Crippen molar-refractivity contribution in [3.63, 3.8) is 0 Å². The van der Waals surface area contributed by atoms with Crippen LogP contribution in [0.5, 0.6) is 0 Å². The van der Waals surface area contributed by atoms with Crippen molar-refractivity contribution >= 4 is 23.1 Å². The number of nitrogens with zero attached hydrogens (tertiary/aromatic N) is 1. The molecule has 0 bridgehead atoms. The van der Waals surface area contributed by atoms with Gasteiger partial charge in [-0.05, 0) is 18.6 Å². The largest absolute Gasteiger partial charge is 1.00 e. The summed E-state index contributed by atoms with van der Waals surface area (Å²) < 4.78 is 2.04. The zero-order chi connectivity index (χ0) is 13.2. The summed E-state index contributed by atoms with van der Waals surface area (Å²) in [6.45, 7) is 2.12. The number of nitrogens with one attached hydrogen (secondary N) is 1. The molecular formula is C17H17IN2. The molecule has 0 saturated heterocycles. The molecule has 2 heterocycles. The van der Waals surface area contributed by atoms with Gasteiger partial charge in [-0.15, -0.1) is 0 Å². The molecule has 3 aromatic rings. The molecule has 3 rings (SSSR count). The van der Waals surface area contributed by atoms with Crippen LogP contribution in [0.15, 0.2) is 48.8 Å². The van der Waals surface area contributed by atoms with Crippen LogP contribution in [0.1, 0.15) is 16.8 Å². The van der Waals surface area contributed by atoms with Gasteiger partial charge in [0.05, 0.1) is 0 Å². The number of pyridine rings is 1. The fraction of sp³-hybridized carbons (Fsp3) is 0.118. The average Bonchev–Trinajstić information content (AvgIpc) is 2.74. The van der Waals surface area contributed by atoms with Crippen molar-refractivity contribution < 1.29 is 28.5 Å². The molecule has 1 N–H and O–H groups in total. The highest BCUT2D eigenvalue weighted by molar-refractivity contribution is 5.92. The van der Waals surface area contributed by atoms with Gasteiger partial charge in [-0.2, -0.15) is 0 Å². The summed E-state index contributed by atoms with van der Waals surface area (Å²) in [5.74, 6) is 0. The maximum atomic E-state index is 3.42. The van der Waals surface area contributed by atoms with Crippen LogP contribution < -0.4 is 28.5 Å². The smallest absolute Gasteiger partial charge is 0.169 e. The summed E-state index contributed by atoms with van der Waals surface area (Å²) in [7, 11) is 2.03. The lowest BCUT2D eigenvalue weighted by molar-refractivity contribution is -0.671. The van der Waals surface area contributed by atoms with Crippen molar-refractivity contribution in [1.82, 2.24) is 4.98 Å². The van der Waals surface area contributed by atoms with Crippen molar-refractivity contribution in [3.8, 4) is 0 Å². The Morgan fingerprint density at radius 1 is 1.00 bits per heavy atom. The van der Waals surface area contributed by atoms with Crippen molar-refractivity contribution in [2.75, 3.05) is 0 Å². The molecule has 3 heteroatoms. The molecule has 0 amide bonds. The number of hydrogen-bond donors (Lipinski definition) is 1. The van der Waals surface area contributed by atoms with Crippen molar-refractivity contribution in [2.24, 2.45) is 7.05 Å². The van der Waals surface area contributed by atoms with Gasteiger partial charge in [0.15, 0.2) is 12.4 Å². The van der Waals surface area contributed by atoms with Crippen molar-refractivity contribution in [3.05, 3.63) is 65.6 Å². The Kier molecular flexibility index (Phi) is 4.60. The highest BCUT2D eigenvalue weighted by atomic mass is 127. The number of H-pyrrole nitrogens is 1. The number of halogens is 1. The Bertz CT molecular complexity index is 739. The van der Waals surface area contributed by atoms with E-state index < -0.39 is 0 Å². The standard InChI is InChI=1S/C17H16N2.HI/c1-13-15(16-5-3-4-6-17(16)18-13)8-7-14-9-11-19(2)12-10-14;/h3-12H,1-2H3;1H. The predicted octanol–water partition coefficient (Wildman–Crippen LogP) is 0.475. The SMILES string of the molecule is Cc1[nH]c2ccccc2c1/C=C/c1cc[n+](C)cc1.[I-]. The molecule has 0 radical (unpaired) electrons. The minimum atomic E-state index is 0. The van der Waals surface area contributed by atoms with Gasteiger partial charge in [0, 0.05) is 34.3 Å². The Morgan fingerprint density at radius 2 is 1.70 bits per heavy atom. The number of hydrogen-bond acceptors (Lipinski definition) is 0. The lowest BCUT2D eigenvalue weighted by Gasteiger charge is -1.94. The Morgan fingerprint density at radius 3 is 2.45 bits per heavy atom. The Balaban J connectivity index is 0.00000147. The third-order valence-electron chi connectivity index (χ3n) is 3.39. The second kappa shape index (κ2) is 6.22. The lowest BCUT2D eigenvalue weighted by Crippen LogP contribution is -3.00. The van der Waals surface area contributed by atoms with Gasteiger partial charge in [-0.3, -0.25) is 0 Å². The predicted molar refractivity (Wildman–Crippen MR) is 79.6 cm³/mol. The van der Waals surface area contributed by atoms with Gasteiger partial charge >= 0.3 is 0 Å². The summed E-state index contributed by atoms with van der Waals surface area (Å²) in [6.07, 6.45) is 8.45. The molecular weight excluding hydrogens is 359 g/mol. The monoisotopic (exact) mass is 376 g/mol. The number of aryl methyl sites for hydroxylation is 2. The third kappa shape index (κ3) is 2.93. The van der Waals surface area contributed by atoms with Crippen LogP contribution in [-0.4, -0.2) is 4.98 Å². The normalized spacial score (nSPS) is 10.9. The Labute approximate surface area is 136 Å². The summed E-state index contributed by atoms with van der Waals surface area (Å²) in [5.41, 5.74) is 4.88. The molecule has 1 aromatic carbocycles. The zero-order valence-electron chi connectivity index (χ0n) is 11.6. The van der Waals surface area contributed by atoms with E-state index in [1.165, 1.54) is 27.7 Å². The lowest BCUT2D eigenvalue weighted by atomic mass is 10.1. The molecule has 20 heavy (non-hydrogen) atoms. The summed E-state index contributed by atoms with van der Waals surface area (Å²) >= 11 is 0. The van der Waals surface area contributed by atoms with Crippen molar-refractivity contribution in [1.29, 1.82) is 0 Å². The van der Waals surface area contributed by atoms with Gasteiger partial charge < -0.3 is 29.0 Å². The number of fused-ring (bicyclic) bond motifs is 1. The van der Waals surface area contributed by atoms with E-state index in [4.69, 9.17) is 0 Å². The second-order valence-corrected chi connectivity index (χ2v) is 4.84. The van der Waals surface area contributed by atoms with Crippen LogP contribution in [-0.2, 0) is 7.05 Å². The van der Waals surface area contributed by atoms with Crippen LogP contribution in [0.2, 0.25) is 0 Å². The molecule has 2 aromatic heterocycles. The molecule has 0 spiro atoms. The molecule has 0 aliphatic rings. The maximum absolute atomic E-state index is 3.42. The van der Waals surface area contributed by atoms with Gasteiger partial charge in [-0.25, -0.2) is 4.57 Å². The van der Waals surface area contributed by atoms with E-state index in [1.807, 2.05) is 11.6 Å². The Hall–Kier alpha value is -1.62. The van der Waals surface area contributed by atoms with Crippen LogP contribution >= 0.6 is 0 Å². The van der Waals surface area contributed by atoms with E-state index in [1.54, 1.807) is 0 Å². The van der Waals surface area contributed by atoms with E-state index in [2.05, 4.69) is 72.9 Å². The fourth-order valence-electron chi connectivity index (χ4n) is 2.32. The average molecular weight is 376 g/mol. The van der Waals surface area contributed by atoms with Crippen LogP contribution in [0.4, 0.5) is 0 Å². The maximum Gasteiger partial charge on any atom is 0.169 e. The summed E-state index contributed by atoms with van der Waals surface area (Å²) in [6, 6.07) is 12.6. The number of aromatic amines is 1. The molecule has 0 saturated carbocycles. The minimum Gasteiger partial charge on any atom is -1.00 e. The van der Waals surface area contributed by atoms with E-state index in [0.717, 1.165) is 0 Å². The highest BCUT2D eigenvalue weighted by Crippen LogP contribution is 2.23.